The molecule has 4 aliphatic rings. The number of allylic oxidation sites excluding steroid dienone is 1. The fourth-order valence-corrected chi connectivity index (χ4v) is 8.64. The number of hydrogen-bond donors (Lipinski definition) is 3. The SMILES string of the molecule is CC(C)[C@@H](O)CC[C@@H](C)[C@H]1CC[C@H]2[C@@H]3CC=C4CC(O)C[C@H](O)[C@]4(C)[C@H]3CC[C@]12C. The van der Waals surface area contributed by atoms with Crippen LogP contribution in [0.4, 0.5) is 0 Å². The van der Waals surface area contributed by atoms with Crippen molar-refractivity contribution in [3.05, 3.63) is 11.6 Å². The summed E-state index contributed by atoms with van der Waals surface area (Å²) in [6.45, 7) is 11.5. The maximum atomic E-state index is 11.1. The highest BCUT2D eigenvalue weighted by Gasteiger charge is 2.60. The van der Waals surface area contributed by atoms with E-state index in [4.69, 9.17) is 0 Å². The molecule has 30 heavy (non-hydrogen) atoms. The predicted molar refractivity (Wildman–Crippen MR) is 122 cm³/mol. The number of aliphatic hydroxyl groups is 3. The second-order valence-corrected chi connectivity index (χ2v) is 12.3. The molecule has 0 heterocycles. The summed E-state index contributed by atoms with van der Waals surface area (Å²) < 4.78 is 0. The topological polar surface area (TPSA) is 60.7 Å². The van der Waals surface area contributed by atoms with E-state index in [-0.39, 0.29) is 17.6 Å². The highest BCUT2D eigenvalue weighted by atomic mass is 16.3. The van der Waals surface area contributed by atoms with E-state index in [9.17, 15) is 15.3 Å². The molecule has 3 heteroatoms. The molecule has 10 atom stereocenters. The molecule has 4 aliphatic carbocycles. The van der Waals surface area contributed by atoms with Gasteiger partial charge in [-0.25, -0.2) is 0 Å². The second-order valence-electron chi connectivity index (χ2n) is 12.3. The highest BCUT2D eigenvalue weighted by Crippen LogP contribution is 2.67. The van der Waals surface area contributed by atoms with Crippen LogP contribution in [0.25, 0.3) is 0 Å². The maximum Gasteiger partial charge on any atom is 0.0658 e. The van der Waals surface area contributed by atoms with E-state index in [0.717, 1.165) is 37.5 Å². The van der Waals surface area contributed by atoms with Crippen LogP contribution in [0.1, 0.15) is 92.4 Å². The maximum absolute atomic E-state index is 11.1. The summed E-state index contributed by atoms with van der Waals surface area (Å²) in [7, 11) is 0. The zero-order valence-corrected chi connectivity index (χ0v) is 20.0. The zero-order chi connectivity index (χ0) is 21.8. The highest BCUT2D eigenvalue weighted by molar-refractivity contribution is 5.27. The summed E-state index contributed by atoms with van der Waals surface area (Å²) in [4.78, 5) is 0. The molecule has 0 aromatic heterocycles. The van der Waals surface area contributed by atoms with Gasteiger partial charge in [0.15, 0.2) is 0 Å². The van der Waals surface area contributed by atoms with Crippen molar-refractivity contribution in [3.8, 4) is 0 Å². The van der Waals surface area contributed by atoms with Crippen LogP contribution in [0.15, 0.2) is 11.6 Å². The first-order valence-electron chi connectivity index (χ1n) is 12.8. The second kappa shape index (κ2) is 8.19. The molecule has 3 N–H and O–H groups in total. The van der Waals surface area contributed by atoms with Crippen molar-refractivity contribution in [1.82, 2.24) is 0 Å². The Labute approximate surface area is 184 Å². The van der Waals surface area contributed by atoms with Crippen LogP contribution in [0, 0.1) is 46.3 Å². The lowest BCUT2D eigenvalue weighted by molar-refractivity contribution is -0.108. The third-order valence-electron chi connectivity index (χ3n) is 10.6. The fraction of sp³-hybridized carbons (Fsp3) is 0.926. The van der Waals surface area contributed by atoms with E-state index >= 15 is 0 Å². The van der Waals surface area contributed by atoms with Gasteiger partial charge in [0.25, 0.3) is 0 Å². The minimum Gasteiger partial charge on any atom is -0.393 e. The fourth-order valence-electron chi connectivity index (χ4n) is 8.64. The molecule has 0 saturated heterocycles. The Morgan fingerprint density at radius 1 is 1.03 bits per heavy atom. The summed E-state index contributed by atoms with van der Waals surface area (Å²) >= 11 is 0. The summed E-state index contributed by atoms with van der Waals surface area (Å²) in [6, 6.07) is 0. The smallest absolute Gasteiger partial charge is 0.0658 e. The van der Waals surface area contributed by atoms with Gasteiger partial charge in [0, 0.05) is 11.8 Å². The minimum absolute atomic E-state index is 0.130. The average Bonchev–Trinajstić information content (AvgIpc) is 3.04. The Morgan fingerprint density at radius 2 is 1.77 bits per heavy atom. The van der Waals surface area contributed by atoms with Gasteiger partial charge in [0.05, 0.1) is 18.3 Å². The number of aliphatic hydroxyl groups excluding tert-OH is 3. The van der Waals surface area contributed by atoms with Gasteiger partial charge in [-0.15, -0.1) is 0 Å². The van der Waals surface area contributed by atoms with Crippen LogP contribution >= 0.6 is 0 Å². The van der Waals surface area contributed by atoms with Gasteiger partial charge in [-0.05, 0) is 92.3 Å². The molecule has 4 rings (SSSR count). The molecule has 172 valence electrons. The first kappa shape index (κ1) is 22.8. The normalized spacial score (nSPS) is 47.8. The lowest BCUT2D eigenvalue weighted by Gasteiger charge is -2.59. The molecule has 0 aliphatic heterocycles. The third kappa shape index (κ3) is 3.52. The van der Waals surface area contributed by atoms with Crippen LogP contribution in [0.3, 0.4) is 0 Å². The Morgan fingerprint density at radius 3 is 2.47 bits per heavy atom. The largest absolute Gasteiger partial charge is 0.393 e. The van der Waals surface area contributed by atoms with Crippen molar-refractivity contribution in [1.29, 1.82) is 0 Å². The van der Waals surface area contributed by atoms with E-state index in [1.807, 2.05) is 0 Å². The van der Waals surface area contributed by atoms with E-state index in [0.29, 0.717) is 35.5 Å². The van der Waals surface area contributed by atoms with Crippen LogP contribution in [0.5, 0.6) is 0 Å². The standard InChI is InChI=1S/C27H46O3/c1-16(2)24(29)11-6-17(3)21-9-10-22-20-8-7-18-14-19(28)15-25(30)27(18,5)23(20)12-13-26(21,22)4/h7,16-17,19-25,28-30H,6,8-15H2,1-5H3/t17-,19?,20+,21-,22+,23+,24+,25+,26-,27+/m1/s1. The van der Waals surface area contributed by atoms with Crippen LogP contribution < -0.4 is 0 Å². The molecular weight excluding hydrogens is 372 g/mol. The number of hydrogen-bond acceptors (Lipinski definition) is 3. The van der Waals surface area contributed by atoms with Crippen molar-refractivity contribution in [2.24, 2.45) is 46.3 Å². The molecule has 3 saturated carbocycles. The lowest BCUT2D eigenvalue weighted by Crippen LogP contribution is -2.55. The van der Waals surface area contributed by atoms with Crippen molar-refractivity contribution in [2.45, 2.75) is 111 Å². The summed E-state index contributed by atoms with van der Waals surface area (Å²) in [5.41, 5.74) is 1.61. The first-order valence-corrected chi connectivity index (χ1v) is 12.8. The molecular formula is C27H46O3. The monoisotopic (exact) mass is 418 g/mol. The molecule has 3 fully saturated rings. The lowest BCUT2D eigenvalue weighted by atomic mass is 9.46. The van der Waals surface area contributed by atoms with Crippen molar-refractivity contribution < 1.29 is 15.3 Å². The molecule has 0 aromatic rings. The van der Waals surface area contributed by atoms with E-state index in [2.05, 4.69) is 40.7 Å². The van der Waals surface area contributed by atoms with Gasteiger partial charge in [0.1, 0.15) is 0 Å². The average molecular weight is 419 g/mol. The molecule has 0 bridgehead atoms. The Kier molecular flexibility index (Phi) is 6.23. The van der Waals surface area contributed by atoms with E-state index in [1.165, 1.54) is 31.3 Å². The molecule has 0 radical (unpaired) electrons. The number of fused-ring (bicyclic) bond motifs is 5. The van der Waals surface area contributed by atoms with Crippen molar-refractivity contribution in [2.75, 3.05) is 0 Å². The van der Waals surface area contributed by atoms with Crippen LogP contribution in [-0.4, -0.2) is 33.6 Å². The molecule has 1 unspecified atom stereocenters. The van der Waals surface area contributed by atoms with Crippen LogP contribution in [0.2, 0.25) is 0 Å². The van der Waals surface area contributed by atoms with Gasteiger partial charge in [-0.3, -0.25) is 0 Å². The van der Waals surface area contributed by atoms with Gasteiger partial charge in [-0.2, -0.15) is 0 Å². The molecule has 0 aromatic carbocycles. The summed E-state index contributed by atoms with van der Waals surface area (Å²) in [6.07, 6.45) is 11.1. The predicted octanol–water partition coefficient (Wildman–Crippen LogP) is 5.33. The Bertz CT molecular complexity index is 656. The van der Waals surface area contributed by atoms with E-state index < -0.39 is 6.10 Å². The van der Waals surface area contributed by atoms with E-state index in [1.54, 1.807) is 0 Å². The number of rotatable bonds is 5. The summed E-state index contributed by atoms with van der Waals surface area (Å²) in [5.74, 6) is 3.79. The van der Waals surface area contributed by atoms with Crippen molar-refractivity contribution >= 4 is 0 Å². The Hall–Kier alpha value is -0.380. The Balaban J connectivity index is 1.51. The first-order chi connectivity index (χ1) is 14.1. The van der Waals surface area contributed by atoms with Gasteiger partial charge < -0.3 is 15.3 Å². The molecule has 3 nitrogen and oxygen atoms in total. The van der Waals surface area contributed by atoms with Gasteiger partial charge in [-0.1, -0.05) is 46.3 Å². The molecule has 0 spiro atoms. The van der Waals surface area contributed by atoms with Crippen LogP contribution in [-0.2, 0) is 0 Å². The van der Waals surface area contributed by atoms with Gasteiger partial charge in [0.2, 0.25) is 0 Å². The van der Waals surface area contributed by atoms with Crippen molar-refractivity contribution in [3.63, 3.8) is 0 Å². The third-order valence-corrected chi connectivity index (χ3v) is 10.6. The zero-order valence-electron chi connectivity index (χ0n) is 20.0. The van der Waals surface area contributed by atoms with Gasteiger partial charge >= 0.3 is 0 Å². The minimum atomic E-state index is -0.404. The summed E-state index contributed by atoms with van der Waals surface area (Å²) in [5, 5.41) is 31.6. The quantitative estimate of drug-likeness (QED) is 0.529. The molecule has 0 amide bonds.